The standard InChI is InChI=1S/C21H21BrFNO5/c1-4-28-18-9-5-14(11-19(18)27-3)6-10-20(25)29-13(2)21(26)24-17-8-7-15(22)12-16(17)23/h5-13H,4H2,1-3H3,(H,24,26)/b10-6+/t13-/m0/s1. The summed E-state index contributed by atoms with van der Waals surface area (Å²) in [7, 11) is 1.52. The van der Waals surface area contributed by atoms with E-state index in [4.69, 9.17) is 14.2 Å². The number of esters is 1. The summed E-state index contributed by atoms with van der Waals surface area (Å²) < 4.78 is 30.1. The number of rotatable bonds is 8. The summed E-state index contributed by atoms with van der Waals surface area (Å²) >= 11 is 3.14. The molecule has 0 aliphatic heterocycles. The van der Waals surface area contributed by atoms with E-state index in [0.717, 1.165) is 0 Å². The molecule has 0 spiro atoms. The van der Waals surface area contributed by atoms with Crippen LogP contribution in [0.2, 0.25) is 0 Å². The topological polar surface area (TPSA) is 73.9 Å². The van der Waals surface area contributed by atoms with Crippen molar-refractivity contribution < 1.29 is 28.2 Å². The maximum atomic E-state index is 13.8. The van der Waals surface area contributed by atoms with Crippen LogP contribution in [0.25, 0.3) is 6.08 Å². The molecule has 154 valence electrons. The minimum Gasteiger partial charge on any atom is -0.493 e. The fourth-order valence-electron chi connectivity index (χ4n) is 2.32. The molecule has 29 heavy (non-hydrogen) atoms. The number of carbonyl (C=O) groups is 2. The smallest absolute Gasteiger partial charge is 0.331 e. The zero-order valence-electron chi connectivity index (χ0n) is 16.2. The maximum absolute atomic E-state index is 13.8. The van der Waals surface area contributed by atoms with Gasteiger partial charge in [0.05, 0.1) is 19.4 Å². The molecule has 0 aromatic heterocycles. The van der Waals surface area contributed by atoms with Crippen LogP contribution in [0.15, 0.2) is 46.9 Å². The first kappa shape index (κ1) is 22.4. The molecular weight excluding hydrogens is 445 g/mol. The van der Waals surface area contributed by atoms with Crippen molar-refractivity contribution in [3.05, 3.63) is 58.3 Å². The molecule has 0 heterocycles. The van der Waals surface area contributed by atoms with Crippen molar-refractivity contribution >= 4 is 39.6 Å². The fourth-order valence-corrected chi connectivity index (χ4v) is 2.65. The zero-order valence-corrected chi connectivity index (χ0v) is 17.8. The Bertz CT molecular complexity index is 916. The molecule has 0 saturated carbocycles. The van der Waals surface area contributed by atoms with E-state index >= 15 is 0 Å². The molecule has 0 bridgehead atoms. The van der Waals surface area contributed by atoms with Crippen LogP contribution in [0, 0.1) is 5.82 Å². The Morgan fingerprint density at radius 1 is 1.21 bits per heavy atom. The van der Waals surface area contributed by atoms with Crippen LogP contribution < -0.4 is 14.8 Å². The molecule has 0 aliphatic carbocycles. The first-order valence-electron chi connectivity index (χ1n) is 8.79. The third kappa shape index (κ3) is 6.60. The molecular formula is C21H21BrFNO5. The summed E-state index contributed by atoms with van der Waals surface area (Å²) in [5, 5.41) is 2.38. The number of amides is 1. The Kier molecular flexibility index (Phi) is 8.21. The summed E-state index contributed by atoms with van der Waals surface area (Å²) in [5.41, 5.74) is 0.689. The number of ether oxygens (including phenoxy) is 3. The van der Waals surface area contributed by atoms with Gasteiger partial charge in [-0.15, -0.1) is 0 Å². The molecule has 0 fully saturated rings. The Morgan fingerprint density at radius 2 is 1.97 bits per heavy atom. The molecule has 2 aromatic carbocycles. The number of benzene rings is 2. The van der Waals surface area contributed by atoms with Crippen LogP contribution in [0.1, 0.15) is 19.4 Å². The second-order valence-corrected chi connectivity index (χ2v) is 6.78. The van der Waals surface area contributed by atoms with E-state index in [2.05, 4.69) is 21.2 Å². The third-order valence-corrected chi connectivity index (χ3v) is 4.24. The van der Waals surface area contributed by atoms with Crippen molar-refractivity contribution in [3.63, 3.8) is 0 Å². The molecule has 1 atom stereocenters. The second kappa shape index (κ2) is 10.6. The molecule has 8 heteroatoms. The van der Waals surface area contributed by atoms with E-state index in [0.29, 0.717) is 28.1 Å². The fraction of sp³-hybridized carbons (Fsp3) is 0.238. The summed E-state index contributed by atoms with van der Waals surface area (Å²) in [6, 6.07) is 9.41. The van der Waals surface area contributed by atoms with Gasteiger partial charge in [-0.2, -0.15) is 0 Å². The number of hydrogen-bond acceptors (Lipinski definition) is 5. The van der Waals surface area contributed by atoms with Gasteiger partial charge in [0, 0.05) is 10.5 Å². The Morgan fingerprint density at radius 3 is 2.62 bits per heavy atom. The molecule has 1 N–H and O–H groups in total. The van der Waals surface area contributed by atoms with Gasteiger partial charge in [0.1, 0.15) is 5.82 Å². The predicted octanol–water partition coefficient (Wildman–Crippen LogP) is 4.58. The first-order chi connectivity index (χ1) is 13.8. The van der Waals surface area contributed by atoms with Crippen molar-refractivity contribution in [3.8, 4) is 11.5 Å². The quantitative estimate of drug-likeness (QED) is 0.456. The minimum absolute atomic E-state index is 0.00174. The average molecular weight is 466 g/mol. The molecule has 2 aromatic rings. The number of methoxy groups -OCH3 is 1. The van der Waals surface area contributed by atoms with Gasteiger partial charge in [-0.05, 0) is 55.8 Å². The van der Waals surface area contributed by atoms with Crippen LogP contribution in [-0.4, -0.2) is 31.7 Å². The lowest BCUT2D eigenvalue weighted by Gasteiger charge is -2.13. The Labute approximate surface area is 176 Å². The lowest BCUT2D eigenvalue weighted by atomic mass is 10.2. The number of nitrogens with one attached hydrogen (secondary N) is 1. The van der Waals surface area contributed by atoms with Crippen LogP contribution in [-0.2, 0) is 14.3 Å². The van der Waals surface area contributed by atoms with E-state index in [1.807, 2.05) is 6.92 Å². The third-order valence-electron chi connectivity index (χ3n) is 3.75. The SMILES string of the molecule is CCOc1ccc(/C=C/C(=O)O[C@@H](C)C(=O)Nc2ccc(Br)cc2F)cc1OC. The highest BCUT2D eigenvalue weighted by Gasteiger charge is 2.18. The van der Waals surface area contributed by atoms with Gasteiger partial charge in [0.2, 0.25) is 0 Å². The molecule has 6 nitrogen and oxygen atoms in total. The highest BCUT2D eigenvalue weighted by atomic mass is 79.9. The van der Waals surface area contributed by atoms with Crippen molar-refractivity contribution in [2.75, 3.05) is 19.0 Å². The highest BCUT2D eigenvalue weighted by molar-refractivity contribution is 9.10. The van der Waals surface area contributed by atoms with Gasteiger partial charge in [0.25, 0.3) is 5.91 Å². The van der Waals surface area contributed by atoms with Gasteiger partial charge in [-0.1, -0.05) is 22.0 Å². The number of anilines is 1. The van der Waals surface area contributed by atoms with Crippen LogP contribution in [0.3, 0.4) is 0 Å². The summed E-state index contributed by atoms with van der Waals surface area (Å²) in [6.07, 6.45) is 1.61. The maximum Gasteiger partial charge on any atom is 0.331 e. The van der Waals surface area contributed by atoms with Gasteiger partial charge >= 0.3 is 5.97 Å². The van der Waals surface area contributed by atoms with Crippen molar-refractivity contribution in [1.82, 2.24) is 0 Å². The van der Waals surface area contributed by atoms with Crippen LogP contribution >= 0.6 is 15.9 Å². The number of halogens is 2. The van der Waals surface area contributed by atoms with Crippen molar-refractivity contribution in [2.45, 2.75) is 20.0 Å². The number of hydrogen-bond donors (Lipinski definition) is 1. The van der Waals surface area contributed by atoms with Crippen molar-refractivity contribution in [1.29, 1.82) is 0 Å². The zero-order chi connectivity index (χ0) is 21.4. The van der Waals surface area contributed by atoms with E-state index in [1.54, 1.807) is 24.3 Å². The average Bonchev–Trinajstić information content (AvgIpc) is 2.69. The molecule has 0 unspecified atom stereocenters. The van der Waals surface area contributed by atoms with Crippen LogP contribution in [0.4, 0.5) is 10.1 Å². The summed E-state index contributed by atoms with van der Waals surface area (Å²) in [4.78, 5) is 24.1. The van der Waals surface area contributed by atoms with Gasteiger partial charge in [-0.25, -0.2) is 9.18 Å². The van der Waals surface area contributed by atoms with Gasteiger partial charge in [0.15, 0.2) is 17.6 Å². The monoisotopic (exact) mass is 465 g/mol. The minimum atomic E-state index is -1.11. The van der Waals surface area contributed by atoms with E-state index < -0.39 is 23.8 Å². The summed E-state index contributed by atoms with van der Waals surface area (Å²) in [5.74, 6) is -0.824. The molecule has 0 aliphatic rings. The Balaban J connectivity index is 1.96. The molecule has 2 rings (SSSR count). The van der Waals surface area contributed by atoms with E-state index in [1.165, 1.54) is 38.3 Å². The van der Waals surface area contributed by atoms with Crippen molar-refractivity contribution in [2.24, 2.45) is 0 Å². The van der Waals surface area contributed by atoms with E-state index in [-0.39, 0.29) is 5.69 Å². The highest BCUT2D eigenvalue weighted by Crippen LogP contribution is 2.28. The van der Waals surface area contributed by atoms with E-state index in [9.17, 15) is 14.0 Å². The molecule has 0 radical (unpaired) electrons. The molecule has 1 amide bonds. The van der Waals surface area contributed by atoms with Gasteiger partial charge < -0.3 is 19.5 Å². The lowest BCUT2D eigenvalue weighted by Crippen LogP contribution is -2.29. The van der Waals surface area contributed by atoms with Gasteiger partial charge in [-0.3, -0.25) is 4.79 Å². The number of carbonyl (C=O) groups excluding carboxylic acids is 2. The largest absolute Gasteiger partial charge is 0.493 e. The second-order valence-electron chi connectivity index (χ2n) is 5.87. The normalized spacial score (nSPS) is 11.8. The summed E-state index contributed by atoms with van der Waals surface area (Å²) in [6.45, 7) is 3.77. The lowest BCUT2D eigenvalue weighted by molar-refractivity contribution is -0.148. The predicted molar refractivity (Wildman–Crippen MR) is 111 cm³/mol. The molecule has 0 saturated heterocycles. The Hall–Kier alpha value is -2.87. The van der Waals surface area contributed by atoms with Crippen LogP contribution in [0.5, 0.6) is 11.5 Å². The first-order valence-corrected chi connectivity index (χ1v) is 9.58.